The summed E-state index contributed by atoms with van der Waals surface area (Å²) in [7, 11) is -4.23. The van der Waals surface area contributed by atoms with Crippen LogP contribution in [-0.2, 0) is 23.4 Å². The third kappa shape index (κ3) is 1.83. The number of rotatable bonds is 0. The Labute approximate surface area is 78.5 Å². The molecule has 2 aliphatic rings. The quantitative estimate of drug-likeness (QED) is 0.339. The Morgan fingerprint density at radius 2 is 2.07 bits per heavy atom. The van der Waals surface area contributed by atoms with E-state index in [9.17, 15) is 9.67 Å². The second-order valence-corrected chi connectivity index (χ2v) is 4.30. The van der Waals surface area contributed by atoms with Crippen molar-refractivity contribution in [2.45, 2.75) is 24.6 Å². The van der Waals surface area contributed by atoms with E-state index < -0.39 is 32.4 Å². The van der Waals surface area contributed by atoms with Crippen LogP contribution in [0.1, 0.15) is 0 Å². The van der Waals surface area contributed by atoms with Gasteiger partial charge in [-0.3, -0.25) is 4.52 Å². The summed E-state index contributed by atoms with van der Waals surface area (Å²) in [5, 5.41) is 18.3. The number of ether oxygens (including phenoxy) is 1. The number of aliphatic hydroxyl groups excluding tert-OH is 2. The van der Waals surface area contributed by atoms with Crippen molar-refractivity contribution in [2.24, 2.45) is 0 Å². The molecule has 0 aromatic carbocycles. The summed E-state index contributed by atoms with van der Waals surface area (Å²) in [5.74, 6) is 0. The highest BCUT2D eigenvalue weighted by Gasteiger charge is 2.49. The van der Waals surface area contributed by atoms with Crippen molar-refractivity contribution in [3.63, 3.8) is 0 Å². The maximum atomic E-state index is 10.9. The zero-order valence-electron chi connectivity index (χ0n) is 6.85. The molecule has 2 saturated heterocycles. The molecule has 0 aromatic rings. The maximum absolute atomic E-state index is 10.9. The van der Waals surface area contributed by atoms with E-state index in [2.05, 4.69) is 14.1 Å². The van der Waals surface area contributed by atoms with E-state index in [1.165, 1.54) is 0 Å². The molecule has 0 radical (unpaired) electrons. The highest BCUT2D eigenvalue weighted by Crippen LogP contribution is 2.47. The van der Waals surface area contributed by atoms with Gasteiger partial charge in [0.2, 0.25) is 0 Å². The topological polar surface area (TPSA) is 115 Å². The molecule has 82 valence electrons. The minimum atomic E-state index is -4.23. The first-order valence-electron chi connectivity index (χ1n) is 3.83. The fourth-order valence-corrected chi connectivity index (χ4v) is 1.85. The third-order valence-electron chi connectivity index (χ3n) is 1.96. The van der Waals surface area contributed by atoms with Gasteiger partial charge < -0.3 is 19.8 Å². The molecule has 0 aromatic heterocycles. The second-order valence-electron chi connectivity index (χ2n) is 2.96. The highest BCUT2D eigenvalue weighted by atomic mass is 31.2. The lowest BCUT2D eigenvalue weighted by Gasteiger charge is -2.13. The van der Waals surface area contributed by atoms with Crippen LogP contribution in [0.25, 0.3) is 0 Å². The normalized spacial score (nSPS) is 53.9. The number of aliphatic hydroxyl groups is 2. The zero-order chi connectivity index (χ0) is 10.3. The van der Waals surface area contributed by atoms with Gasteiger partial charge in [0.25, 0.3) is 0 Å². The Balaban J connectivity index is 2.10. The van der Waals surface area contributed by atoms with Gasteiger partial charge in [0.05, 0.1) is 6.61 Å². The fourth-order valence-electron chi connectivity index (χ4n) is 1.27. The third-order valence-corrected chi connectivity index (χ3v) is 2.71. The van der Waals surface area contributed by atoms with Crippen LogP contribution >= 0.6 is 7.82 Å². The van der Waals surface area contributed by atoms with Crippen LogP contribution in [0.15, 0.2) is 0 Å². The Morgan fingerprint density at radius 1 is 1.36 bits per heavy atom. The lowest BCUT2D eigenvalue weighted by Crippen LogP contribution is -2.35. The average molecular weight is 228 g/mol. The second kappa shape index (κ2) is 3.51. The highest BCUT2D eigenvalue weighted by molar-refractivity contribution is 7.47. The van der Waals surface area contributed by atoms with Crippen molar-refractivity contribution in [1.29, 1.82) is 0 Å². The van der Waals surface area contributed by atoms with Crippen LogP contribution in [0.2, 0.25) is 0 Å². The van der Waals surface area contributed by atoms with Crippen LogP contribution in [0.3, 0.4) is 0 Å². The van der Waals surface area contributed by atoms with E-state index >= 15 is 0 Å². The van der Waals surface area contributed by atoms with Crippen molar-refractivity contribution in [3.05, 3.63) is 0 Å². The summed E-state index contributed by atoms with van der Waals surface area (Å²) in [5.41, 5.74) is 0. The molecule has 14 heavy (non-hydrogen) atoms. The summed E-state index contributed by atoms with van der Waals surface area (Å²) in [4.78, 5) is 13.3. The van der Waals surface area contributed by atoms with Gasteiger partial charge in [0.1, 0.15) is 12.2 Å². The molecule has 1 unspecified atom stereocenters. The maximum Gasteiger partial charge on any atom is 0.499 e. The van der Waals surface area contributed by atoms with Crippen LogP contribution in [0.4, 0.5) is 0 Å². The first-order valence-corrected chi connectivity index (χ1v) is 5.33. The van der Waals surface area contributed by atoms with Crippen LogP contribution < -0.4 is 0 Å². The monoisotopic (exact) mass is 228 g/mol. The zero-order valence-corrected chi connectivity index (χ0v) is 7.74. The summed E-state index contributed by atoms with van der Waals surface area (Å²) in [6.45, 7) is -0.299. The Bertz CT molecular complexity index is 268. The molecule has 0 saturated carbocycles. The molecule has 8 nitrogen and oxygen atoms in total. The van der Waals surface area contributed by atoms with Crippen molar-refractivity contribution < 1.29 is 38.5 Å². The summed E-state index contributed by atoms with van der Waals surface area (Å²) in [6, 6.07) is 0. The summed E-state index contributed by atoms with van der Waals surface area (Å²) >= 11 is 0. The van der Waals surface area contributed by atoms with Gasteiger partial charge in [-0.1, -0.05) is 0 Å². The van der Waals surface area contributed by atoms with Crippen LogP contribution in [-0.4, -0.2) is 46.3 Å². The number of phosphoric ester groups is 1. The van der Waals surface area contributed by atoms with E-state index in [0.717, 1.165) is 0 Å². The molecule has 2 aliphatic heterocycles. The summed E-state index contributed by atoms with van der Waals surface area (Å²) < 4.78 is 24.1. The lowest BCUT2D eigenvalue weighted by atomic mass is 10.1. The number of hydrogen-bond acceptors (Lipinski definition) is 7. The predicted molar refractivity (Wildman–Crippen MR) is 38.6 cm³/mol. The predicted octanol–water partition coefficient (Wildman–Crippen LogP) is -1.49. The molecule has 2 heterocycles. The Hall–Kier alpha value is -0.0500. The van der Waals surface area contributed by atoms with Crippen LogP contribution in [0.5, 0.6) is 0 Å². The lowest BCUT2D eigenvalue weighted by molar-refractivity contribution is -0.270. The van der Waals surface area contributed by atoms with Crippen molar-refractivity contribution in [3.8, 4) is 0 Å². The molecule has 5 atom stereocenters. The minimum absolute atomic E-state index is 0.299. The van der Waals surface area contributed by atoms with Gasteiger partial charge in [0, 0.05) is 0 Å². The molecule has 2 rings (SSSR count). The van der Waals surface area contributed by atoms with Crippen molar-refractivity contribution in [1.82, 2.24) is 0 Å². The fraction of sp³-hybridized carbons (Fsp3) is 1.00. The van der Waals surface area contributed by atoms with Gasteiger partial charge in [-0.15, -0.1) is 4.67 Å². The molecule has 0 bridgehead atoms. The summed E-state index contributed by atoms with van der Waals surface area (Å²) in [6.07, 6.45) is -4.61. The number of phosphoric acid groups is 1. The van der Waals surface area contributed by atoms with Crippen molar-refractivity contribution >= 4 is 7.82 Å². The molecular weight excluding hydrogens is 219 g/mol. The molecule has 2 fully saturated rings. The van der Waals surface area contributed by atoms with Gasteiger partial charge in [-0.25, -0.2) is 9.45 Å². The molecular formula is C5H9O8P. The SMILES string of the molecule is O=P1(O)OC[C@H]2O[C@H](O)[C@H](O)[C@@H]2OO1. The van der Waals surface area contributed by atoms with Gasteiger partial charge in [0.15, 0.2) is 12.4 Å². The van der Waals surface area contributed by atoms with Gasteiger partial charge in [-0.05, 0) is 0 Å². The van der Waals surface area contributed by atoms with E-state index in [-0.39, 0.29) is 6.61 Å². The standard InChI is InChI=1S/C5H9O8P/c6-3-4-2(11-5(3)7)1-10-14(8,9)13-12-4/h2-7H,1H2,(H,8,9)/t2-,3-,4-,5+/m1/s1. The van der Waals surface area contributed by atoms with Gasteiger partial charge in [-0.2, -0.15) is 0 Å². The molecule has 0 aliphatic carbocycles. The molecule has 0 amide bonds. The van der Waals surface area contributed by atoms with E-state index in [0.29, 0.717) is 0 Å². The number of hydrogen-bond donors (Lipinski definition) is 3. The smallest absolute Gasteiger partial charge is 0.385 e. The van der Waals surface area contributed by atoms with E-state index in [1.807, 2.05) is 0 Å². The first kappa shape index (κ1) is 10.5. The number of fused-ring (bicyclic) bond motifs is 1. The average Bonchev–Trinajstić information content (AvgIpc) is 2.27. The Kier molecular flexibility index (Phi) is 2.63. The molecule has 9 heteroatoms. The first-order chi connectivity index (χ1) is 6.49. The minimum Gasteiger partial charge on any atom is -0.385 e. The van der Waals surface area contributed by atoms with Gasteiger partial charge >= 0.3 is 7.82 Å². The van der Waals surface area contributed by atoms with Crippen LogP contribution in [0, 0.1) is 0 Å². The Morgan fingerprint density at radius 3 is 2.79 bits per heavy atom. The molecule has 3 N–H and O–H groups in total. The van der Waals surface area contributed by atoms with E-state index in [4.69, 9.17) is 14.7 Å². The largest absolute Gasteiger partial charge is 0.499 e. The van der Waals surface area contributed by atoms with E-state index in [1.54, 1.807) is 0 Å². The molecule has 0 spiro atoms. The van der Waals surface area contributed by atoms with Crippen molar-refractivity contribution in [2.75, 3.05) is 6.61 Å².